The zero-order valence-electron chi connectivity index (χ0n) is 21.2. The van der Waals surface area contributed by atoms with E-state index < -0.39 is 6.09 Å². The maximum atomic E-state index is 12.7. The van der Waals surface area contributed by atoms with Gasteiger partial charge in [-0.1, -0.05) is 12.1 Å². The topological polar surface area (TPSA) is 97.8 Å². The Labute approximate surface area is 224 Å². The van der Waals surface area contributed by atoms with Crippen molar-refractivity contribution >= 4 is 55.7 Å². The highest BCUT2D eigenvalue weighted by molar-refractivity contribution is 7.21. The maximum absolute atomic E-state index is 12.7. The van der Waals surface area contributed by atoms with E-state index in [-0.39, 0.29) is 17.4 Å². The highest BCUT2D eigenvalue weighted by atomic mass is 32.1. The molecule has 7 rings (SSSR count). The lowest BCUT2D eigenvalue weighted by atomic mass is 9.72. The molecule has 0 unspecified atom stereocenters. The first kappa shape index (κ1) is 23.3. The molecule has 9 heteroatoms. The van der Waals surface area contributed by atoms with Gasteiger partial charge in [0.1, 0.15) is 4.88 Å². The van der Waals surface area contributed by atoms with Crippen LogP contribution in [0.4, 0.5) is 16.2 Å². The Morgan fingerprint density at radius 3 is 2.74 bits per heavy atom. The zero-order chi connectivity index (χ0) is 26.0. The van der Waals surface area contributed by atoms with Gasteiger partial charge in [0, 0.05) is 70.9 Å². The van der Waals surface area contributed by atoms with Gasteiger partial charge in [0.15, 0.2) is 0 Å². The highest BCUT2D eigenvalue weighted by Crippen LogP contribution is 2.43. The standard InChI is InChI=1S/C29H29N5O3S/c1-17-14-30-25-24-20-5-6-21(32-22(20)7-8-23(24)38-26(25)27(35)31-17)18-3-2-4-19(13-18)33-11-9-29(10-12-33)15-34(16-29)28(36)37/h2-8,13,17,30H,9-12,14-16H2,1H3,(H,31,35)(H,36,37)/t17-/m1/s1. The molecule has 0 radical (unpaired) electrons. The van der Waals surface area contributed by atoms with Gasteiger partial charge < -0.3 is 25.5 Å². The minimum atomic E-state index is -0.805. The third kappa shape index (κ3) is 3.75. The molecule has 0 aliphatic carbocycles. The number of anilines is 2. The lowest BCUT2D eigenvalue weighted by Crippen LogP contribution is -2.61. The molecule has 1 spiro atoms. The van der Waals surface area contributed by atoms with Crippen LogP contribution in [0.25, 0.3) is 32.2 Å². The Morgan fingerprint density at radius 2 is 1.95 bits per heavy atom. The first-order chi connectivity index (χ1) is 18.4. The van der Waals surface area contributed by atoms with Crippen LogP contribution in [0, 0.1) is 5.41 Å². The molecule has 5 heterocycles. The van der Waals surface area contributed by atoms with E-state index in [0.29, 0.717) is 19.6 Å². The van der Waals surface area contributed by atoms with Crippen molar-refractivity contribution in [2.75, 3.05) is 42.9 Å². The Hall–Kier alpha value is -3.85. The predicted octanol–water partition coefficient (Wildman–Crippen LogP) is 5.24. The van der Waals surface area contributed by atoms with Gasteiger partial charge >= 0.3 is 6.09 Å². The Kier molecular flexibility index (Phi) is 5.26. The summed E-state index contributed by atoms with van der Waals surface area (Å²) in [7, 11) is 0. The monoisotopic (exact) mass is 527 g/mol. The second kappa shape index (κ2) is 8.59. The van der Waals surface area contributed by atoms with Crippen molar-refractivity contribution < 1.29 is 14.7 Å². The molecule has 3 aliphatic heterocycles. The molecule has 2 aromatic heterocycles. The molecule has 8 nitrogen and oxygen atoms in total. The number of carboxylic acid groups (broad SMARTS) is 1. The van der Waals surface area contributed by atoms with Gasteiger partial charge in [-0.05, 0) is 56.2 Å². The number of nitrogens with one attached hydrogen (secondary N) is 2. The van der Waals surface area contributed by atoms with Gasteiger partial charge in [0.05, 0.1) is 16.9 Å². The summed E-state index contributed by atoms with van der Waals surface area (Å²) in [5, 5.41) is 17.9. The van der Waals surface area contributed by atoms with Crippen molar-refractivity contribution in [3.8, 4) is 11.3 Å². The fourth-order valence-corrected chi connectivity index (χ4v) is 7.30. The molecule has 2 aromatic carbocycles. The van der Waals surface area contributed by atoms with Crippen LogP contribution in [-0.2, 0) is 0 Å². The summed E-state index contributed by atoms with van der Waals surface area (Å²) in [5.41, 5.74) is 5.15. The van der Waals surface area contributed by atoms with Crippen molar-refractivity contribution in [2.45, 2.75) is 25.8 Å². The van der Waals surface area contributed by atoms with Gasteiger partial charge in [-0.25, -0.2) is 9.78 Å². The van der Waals surface area contributed by atoms with Crippen LogP contribution >= 0.6 is 11.3 Å². The van der Waals surface area contributed by atoms with Crippen molar-refractivity contribution in [2.24, 2.45) is 5.41 Å². The van der Waals surface area contributed by atoms with Crippen LogP contribution in [0.3, 0.4) is 0 Å². The lowest BCUT2D eigenvalue weighted by molar-refractivity contribution is -0.00635. The molecule has 3 aliphatic rings. The molecule has 38 heavy (non-hydrogen) atoms. The quantitative estimate of drug-likeness (QED) is 0.330. The van der Waals surface area contributed by atoms with E-state index in [4.69, 9.17) is 4.98 Å². The number of benzene rings is 2. The van der Waals surface area contributed by atoms with E-state index in [1.165, 1.54) is 21.9 Å². The molecule has 4 aromatic rings. The molecule has 194 valence electrons. The molecule has 2 fully saturated rings. The molecule has 2 amide bonds. The molecule has 0 saturated carbocycles. The van der Waals surface area contributed by atoms with Crippen LogP contribution in [0.5, 0.6) is 0 Å². The molecular formula is C29H29N5O3S. The minimum absolute atomic E-state index is 0.0200. The summed E-state index contributed by atoms with van der Waals surface area (Å²) in [4.78, 5) is 33.6. The highest BCUT2D eigenvalue weighted by Gasteiger charge is 2.46. The summed E-state index contributed by atoms with van der Waals surface area (Å²) in [5.74, 6) is -0.0200. The summed E-state index contributed by atoms with van der Waals surface area (Å²) >= 11 is 1.52. The number of aromatic nitrogens is 1. The van der Waals surface area contributed by atoms with Gasteiger partial charge in [0.2, 0.25) is 0 Å². The number of amides is 2. The van der Waals surface area contributed by atoms with Crippen LogP contribution in [-0.4, -0.2) is 65.8 Å². The average Bonchev–Trinajstić information content (AvgIpc) is 3.23. The van der Waals surface area contributed by atoms with E-state index in [2.05, 4.69) is 58.0 Å². The fourth-order valence-electron chi connectivity index (χ4n) is 6.20. The molecule has 1 atom stereocenters. The second-order valence-corrected chi connectivity index (χ2v) is 12.0. The van der Waals surface area contributed by atoms with Gasteiger partial charge in [-0.15, -0.1) is 11.3 Å². The normalized spacial score (nSPS) is 20.6. The maximum Gasteiger partial charge on any atom is 0.407 e. The van der Waals surface area contributed by atoms with E-state index in [0.717, 1.165) is 68.7 Å². The average molecular weight is 528 g/mol. The number of hydrogen-bond acceptors (Lipinski definition) is 6. The number of carbonyl (C=O) groups excluding carboxylic acids is 1. The Balaban J connectivity index is 1.17. The predicted molar refractivity (Wildman–Crippen MR) is 151 cm³/mol. The molecular weight excluding hydrogens is 498 g/mol. The van der Waals surface area contributed by atoms with Crippen molar-refractivity contribution in [3.05, 3.63) is 53.4 Å². The third-order valence-corrected chi connectivity index (χ3v) is 9.50. The number of fused-ring (bicyclic) bond motifs is 5. The van der Waals surface area contributed by atoms with Crippen LogP contribution in [0.1, 0.15) is 29.4 Å². The van der Waals surface area contributed by atoms with Crippen LogP contribution < -0.4 is 15.5 Å². The Morgan fingerprint density at radius 1 is 1.13 bits per heavy atom. The van der Waals surface area contributed by atoms with E-state index >= 15 is 0 Å². The smallest absolute Gasteiger partial charge is 0.407 e. The first-order valence-corrected chi connectivity index (χ1v) is 14.0. The SMILES string of the molecule is C[C@@H]1CNc2c(sc3ccc4nc(-c5cccc(N6CCC7(CC6)CN(C(=O)O)C7)c5)ccc4c23)C(=O)N1. The Bertz CT molecular complexity index is 1600. The van der Waals surface area contributed by atoms with E-state index in [1.54, 1.807) is 0 Å². The summed E-state index contributed by atoms with van der Waals surface area (Å²) in [6.45, 7) is 5.89. The lowest BCUT2D eigenvalue weighted by Gasteiger charge is -2.53. The summed E-state index contributed by atoms with van der Waals surface area (Å²) in [6, 6.07) is 16.9. The second-order valence-electron chi connectivity index (χ2n) is 10.9. The fraction of sp³-hybridized carbons (Fsp3) is 0.345. The minimum Gasteiger partial charge on any atom is -0.465 e. The van der Waals surface area contributed by atoms with Crippen molar-refractivity contribution in [1.82, 2.24) is 15.2 Å². The van der Waals surface area contributed by atoms with Crippen LogP contribution in [0.15, 0.2) is 48.5 Å². The number of thiophene rings is 1. The number of pyridine rings is 1. The summed E-state index contributed by atoms with van der Waals surface area (Å²) < 4.78 is 1.08. The summed E-state index contributed by atoms with van der Waals surface area (Å²) in [6.07, 6.45) is 1.22. The number of carbonyl (C=O) groups is 2. The number of hydrogen-bond donors (Lipinski definition) is 3. The first-order valence-electron chi connectivity index (χ1n) is 13.1. The third-order valence-electron chi connectivity index (χ3n) is 8.35. The number of nitrogens with zero attached hydrogens (tertiary/aromatic N) is 3. The number of piperidine rings is 1. The zero-order valence-corrected chi connectivity index (χ0v) is 22.0. The number of rotatable bonds is 2. The van der Waals surface area contributed by atoms with Gasteiger partial charge in [0.25, 0.3) is 5.91 Å². The number of likely N-dealkylation sites (tertiary alicyclic amines) is 1. The molecule has 3 N–H and O–H groups in total. The van der Waals surface area contributed by atoms with E-state index in [1.807, 2.05) is 13.0 Å². The van der Waals surface area contributed by atoms with Crippen molar-refractivity contribution in [3.63, 3.8) is 0 Å². The van der Waals surface area contributed by atoms with Gasteiger partial charge in [-0.2, -0.15) is 0 Å². The van der Waals surface area contributed by atoms with Crippen molar-refractivity contribution in [1.29, 1.82) is 0 Å². The van der Waals surface area contributed by atoms with Crippen LogP contribution in [0.2, 0.25) is 0 Å². The van der Waals surface area contributed by atoms with Gasteiger partial charge in [-0.3, -0.25) is 4.79 Å². The molecule has 2 saturated heterocycles. The largest absolute Gasteiger partial charge is 0.465 e. The molecule has 0 bridgehead atoms. The van der Waals surface area contributed by atoms with E-state index in [9.17, 15) is 14.7 Å².